The number of rotatable bonds is 9. The first kappa shape index (κ1) is 16.5. The van der Waals surface area contributed by atoms with Gasteiger partial charge in [-0.1, -0.05) is 32.4 Å². The number of carbonyl (C=O) groups excluding carboxylic acids is 1. The normalized spacial score (nSPS) is 11.9. The van der Waals surface area contributed by atoms with E-state index in [4.69, 9.17) is 4.74 Å². The molecule has 4 nitrogen and oxygen atoms in total. The fourth-order valence-electron chi connectivity index (χ4n) is 1.90. The first-order valence-corrected chi connectivity index (χ1v) is 7.40. The molecule has 0 saturated heterocycles. The Kier molecular flexibility index (Phi) is 7.73. The van der Waals surface area contributed by atoms with Gasteiger partial charge in [0, 0.05) is 12.6 Å². The Morgan fingerprint density at radius 3 is 2.85 bits per heavy atom. The van der Waals surface area contributed by atoms with Gasteiger partial charge in [0.25, 0.3) is 5.91 Å². The summed E-state index contributed by atoms with van der Waals surface area (Å²) in [7, 11) is 0. The van der Waals surface area contributed by atoms with Crippen molar-refractivity contribution in [3.63, 3.8) is 0 Å². The second-order valence-electron chi connectivity index (χ2n) is 4.84. The summed E-state index contributed by atoms with van der Waals surface area (Å²) in [6.45, 7) is 8.00. The van der Waals surface area contributed by atoms with Crippen LogP contribution in [0.1, 0.15) is 45.2 Å². The van der Waals surface area contributed by atoms with Crippen LogP contribution in [-0.4, -0.2) is 25.6 Å². The van der Waals surface area contributed by atoms with Gasteiger partial charge in [0.2, 0.25) is 0 Å². The van der Waals surface area contributed by atoms with E-state index >= 15 is 0 Å². The first-order valence-electron chi connectivity index (χ1n) is 7.40. The Hall–Kier alpha value is -1.55. The lowest BCUT2D eigenvalue weighted by atomic mass is 10.1. The van der Waals surface area contributed by atoms with Gasteiger partial charge >= 0.3 is 0 Å². The summed E-state index contributed by atoms with van der Waals surface area (Å²) >= 11 is 0. The molecule has 1 atom stereocenters. The van der Waals surface area contributed by atoms with E-state index in [9.17, 15) is 4.79 Å². The maximum absolute atomic E-state index is 11.6. The minimum absolute atomic E-state index is 0.0661. The molecule has 4 heteroatoms. The lowest BCUT2D eigenvalue weighted by molar-refractivity contribution is -0.123. The van der Waals surface area contributed by atoms with Crippen LogP contribution in [0.4, 0.5) is 0 Å². The predicted molar refractivity (Wildman–Crippen MR) is 81.9 cm³/mol. The van der Waals surface area contributed by atoms with Crippen molar-refractivity contribution in [1.82, 2.24) is 10.6 Å². The van der Waals surface area contributed by atoms with Gasteiger partial charge in [-0.25, -0.2) is 0 Å². The molecule has 0 aromatic heterocycles. The number of hydrogen-bond acceptors (Lipinski definition) is 3. The molecule has 1 rings (SSSR count). The molecule has 1 unspecified atom stereocenters. The van der Waals surface area contributed by atoms with E-state index in [-0.39, 0.29) is 18.6 Å². The van der Waals surface area contributed by atoms with Crippen molar-refractivity contribution in [3.05, 3.63) is 29.8 Å². The molecule has 2 N–H and O–H groups in total. The van der Waals surface area contributed by atoms with Crippen molar-refractivity contribution >= 4 is 5.91 Å². The number of hydrogen-bond donors (Lipinski definition) is 2. The highest BCUT2D eigenvalue weighted by molar-refractivity contribution is 5.77. The highest BCUT2D eigenvalue weighted by atomic mass is 16.5. The van der Waals surface area contributed by atoms with E-state index in [1.54, 1.807) is 0 Å². The number of unbranched alkanes of at least 4 members (excludes halogenated alkanes) is 1. The molecular weight excluding hydrogens is 252 g/mol. The summed E-state index contributed by atoms with van der Waals surface area (Å²) in [5.74, 6) is 0.668. The topological polar surface area (TPSA) is 50.4 Å². The van der Waals surface area contributed by atoms with E-state index in [0.29, 0.717) is 0 Å². The van der Waals surface area contributed by atoms with Crippen LogP contribution in [0.5, 0.6) is 5.75 Å². The average Bonchev–Trinajstić information content (AvgIpc) is 2.46. The van der Waals surface area contributed by atoms with Crippen LogP contribution in [0.3, 0.4) is 0 Å². The first-order chi connectivity index (χ1) is 9.67. The third-order valence-electron chi connectivity index (χ3n) is 3.09. The van der Waals surface area contributed by atoms with Crippen LogP contribution < -0.4 is 15.4 Å². The number of benzene rings is 1. The van der Waals surface area contributed by atoms with Gasteiger partial charge in [-0.05, 0) is 37.6 Å². The molecule has 20 heavy (non-hydrogen) atoms. The van der Waals surface area contributed by atoms with Crippen molar-refractivity contribution < 1.29 is 9.53 Å². The highest BCUT2D eigenvalue weighted by Crippen LogP contribution is 2.18. The fraction of sp³-hybridized carbons (Fsp3) is 0.562. The highest BCUT2D eigenvalue weighted by Gasteiger charge is 2.06. The summed E-state index contributed by atoms with van der Waals surface area (Å²) in [5, 5.41) is 6.19. The van der Waals surface area contributed by atoms with Gasteiger partial charge in [0.15, 0.2) is 6.61 Å². The van der Waals surface area contributed by atoms with E-state index in [1.807, 2.05) is 18.2 Å². The van der Waals surface area contributed by atoms with Gasteiger partial charge in [0.1, 0.15) is 5.75 Å². The predicted octanol–water partition coefficient (Wildman–Crippen LogP) is 2.65. The fourth-order valence-corrected chi connectivity index (χ4v) is 1.90. The maximum Gasteiger partial charge on any atom is 0.257 e. The third-order valence-corrected chi connectivity index (χ3v) is 3.09. The van der Waals surface area contributed by atoms with Gasteiger partial charge < -0.3 is 15.4 Å². The summed E-state index contributed by atoms with van der Waals surface area (Å²) in [6.07, 6.45) is 2.08. The molecule has 112 valence electrons. The molecule has 0 spiro atoms. The van der Waals surface area contributed by atoms with Gasteiger partial charge in [-0.2, -0.15) is 0 Å². The number of carbonyl (C=O) groups is 1. The van der Waals surface area contributed by atoms with Crippen molar-refractivity contribution in [1.29, 1.82) is 0 Å². The van der Waals surface area contributed by atoms with Crippen molar-refractivity contribution in [3.8, 4) is 5.75 Å². The van der Waals surface area contributed by atoms with Gasteiger partial charge in [-0.3, -0.25) is 4.79 Å². The van der Waals surface area contributed by atoms with Gasteiger partial charge in [0.05, 0.1) is 0 Å². The minimum Gasteiger partial charge on any atom is -0.484 e. The zero-order chi connectivity index (χ0) is 14.8. The maximum atomic E-state index is 11.6. The third kappa shape index (κ3) is 6.06. The second-order valence-corrected chi connectivity index (χ2v) is 4.84. The van der Waals surface area contributed by atoms with Crippen molar-refractivity contribution in [2.75, 3.05) is 19.7 Å². The average molecular weight is 278 g/mol. The molecule has 0 saturated carbocycles. The Morgan fingerprint density at radius 1 is 1.35 bits per heavy atom. The molecule has 0 fully saturated rings. The molecule has 0 aliphatic carbocycles. The SMILES string of the molecule is CCCCNC(=O)COc1cccc(C(C)NCC)c1. The van der Waals surface area contributed by atoms with E-state index in [1.165, 1.54) is 0 Å². The van der Waals surface area contributed by atoms with Crippen LogP contribution in [-0.2, 0) is 4.79 Å². The van der Waals surface area contributed by atoms with Crippen molar-refractivity contribution in [2.24, 2.45) is 0 Å². The second kappa shape index (κ2) is 9.37. The molecule has 0 aliphatic heterocycles. The van der Waals surface area contributed by atoms with Crippen LogP contribution in [0.25, 0.3) is 0 Å². The minimum atomic E-state index is -0.0661. The lowest BCUT2D eigenvalue weighted by Gasteiger charge is -2.14. The summed E-state index contributed by atoms with van der Waals surface area (Å²) in [4.78, 5) is 11.6. The Labute approximate surface area is 121 Å². The molecule has 1 aromatic rings. The summed E-state index contributed by atoms with van der Waals surface area (Å²) < 4.78 is 5.53. The molecule has 1 amide bonds. The molecule has 0 radical (unpaired) electrons. The smallest absolute Gasteiger partial charge is 0.257 e. The largest absolute Gasteiger partial charge is 0.484 e. The van der Waals surface area contributed by atoms with Crippen LogP contribution >= 0.6 is 0 Å². The number of amides is 1. The molecule has 0 aliphatic rings. The standard InChI is InChI=1S/C16H26N2O2/c1-4-6-10-18-16(19)12-20-15-9-7-8-14(11-15)13(3)17-5-2/h7-9,11,13,17H,4-6,10,12H2,1-3H3,(H,18,19). The summed E-state index contributed by atoms with van der Waals surface area (Å²) in [5.41, 5.74) is 1.16. The Morgan fingerprint density at radius 2 is 2.15 bits per heavy atom. The molecular formula is C16H26N2O2. The zero-order valence-corrected chi connectivity index (χ0v) is 12.7. The van der Waals surface area contributed by atoms with E-state index in [2.05, 4.69) is 37.5 Å². The lowest BCUT2D eigenvalue weighted by Crippen LogP contribution is -2.29. The molecule has 1 aromatic carbocycles. The Bertz CT molecular complexity index is 407. The van der Waals surface area contributed by atoms with Crippen molar-refractivity contribution in [2.45, 2.75) is 39.7 Å². The molecule has 0 heterocycles. The van der Waals surface area contributed by atoms with Crippen LogP contribution in [0.15, 0.2) is 24.3 Å². The van der Waals surface area contributed by atoms with E-state index < -0.39 is 0 Å². The monoisotopic (exact) mass is 278 g/mol. The Balaban J connectivity index is 2.44. The van der Waals surface area contributed by atoms with Crippen LogP contribution in [0, 0.1) is 0 Å². The summed E-state index contributed by atoms with van der Waals surface area (Å²) in [6, 6.07) is 8.14. The quantitative estimate of drug-likeness (QED) is 0.683. The van der Waals surface area contributed by atoms with Crippen LogP contribution in [0.2, 0.25) is 0 Å². The number of ether oxygens (including phenoxy) is 1. The van der Waals surface area contributed by atoms with Gasteiger partial charge in [-0.15, -0.1) is 0 Å². The zero-order valence-electron chi connectivity index (χ0n) is 12.7. The molecule has 0 bridgehead atoms. The van der Waals surface area contributed by atoms with E-state index in [0.717, 1.165) is 37.2 Å². The number of nitrogens with one attached hydrogen (secondary N) is 2.